The van der Waals surface area contributed by atoms with Gasteiger partial charge in [0.05, 0.1) is 28.2 Å². The molecule has 0 bridgehead atoms. The summed E-state index contributed by atoms with van der Waals surface area (Å²) in [5.41, 5.74) is 0. The highest BCUT2D eigenvalue weighted by molar-refractivity contribution is 7.88. The molecule has 2 rings (SSSR count). The van der Waals surface area contributed by atoms with Crippen molar-refractivity contribution in [3.8, 4) is 0 Å². The second-order valence-electron chi connectivity index (χ2n) is 3.42. The van der Waals surface area contributed by atoms with Gasteiger partial charge in [0.15, 0.2) is 0 Å². The van der Waals surface area contributed by atoms with Gasteiger partial charge in [0, 0.05) is 13.1 Å². The molecule has 6 heteroatoms. The molecule has 1 aromatic heterocycles. The maximum absolute atomic E-state index is 11.8. The zero-order chi connectivity index (χ0) is 11.4. The molecule has 0 aromatic carbocycles. The van der Waals surface area contributed by atoms with Gasteiger partial charge in [0.25, 0.3) is 0 Å². The van der Waals surface area contributed by atoms with Crippen molar-refractivity contribution in [3.63, 3.8) is 0 Å². The van der Waals surface area contributed by atoms with Gasteiger partial charge in [-0.1, -0.05) is 6.07 Å². The highest BCUT2D eigenvalue weighted by Crippen LogP contribution is 2.14. The zero-order valence-electron chi connectivity index (χ0n) is 8.76. The first-order valence-corrected chi connectivity index (χ1v) is 7.24. The highest BCUT2D eigenvalue weighted by Gasteiger charge is 2.19. The highest BCUT2D eigenvalue weighted by atomic mass is 32.2. The summed E-state index contributed by atoms with van der Waals surface area (Å²) in [6.07, 6.45) is 0. The molecule has 0 radical (unpaired) electrons. The van der Waals surface area contributed by atoms with Gasteiger partial charge in [-0.2, -0.15) is 0 Å². The largest absolute Gasteiger partial charge is 0.378 e. The lowest BCUT2D eigenvalue weighted by Gasteiger charge is -2.26. The molecular formula is C10H13NO3S2. The first kappa shape index (κ1) is 11.8. The predicted molar refractivity (Wildman–Crippen MR) is 63.0 cm³/mol. The number of morpholine rings is 1. The number of rotatable bonds is 3. The minimum atomic E-state index is -1.20. The number of hydrogen-bond donors (Lipinski definition) is 0. The normalized spacial score (nSPS) is 18.4. The van der Waals surface area contributed by atoms with Crippen LogP contribution in [-0.2, 0) is 20.3 Å². The summed E-state index contributed by atoms with van der Waals surface area (Å²) >= 11 is 1.42. The molecule has 1 atom stereocenters. The van der Waals surface area contributed by atoms with Crippen LogP contribution in [0, 0.1) is 0 Å². The van der Waals surface area contributed by atoms with Crippen molar-refractivity contribution < 1.29 is 13.7 Å². The molecule has 4 nitrogen and oxygen atoms in total. The monoisotopic (exact) mass is 259 g/mol. The summed E-state index contributed by atoms with van der Waals surface area (Å²) in [5.74, 6) is 0.0376. The Labute approximate surface area is 101 Å². The topological polar surface area (TPSA) is 46.6 Å². The van der Waals surface area contributed by atoms with Crippen LogP contribution in [0.15, 0.2) is 21.7 Å². The van der Waals surface area contributed by atoms with Crippen LogP contribution in [0.5, 0.6) is 0 Å². The lowest BCUT2D eigenvalue weighted by Crippen LogP contribution is -2.42. The molecule has 1 aliphatic rings. The van der Waals surface area contributed by atoms with Crippen molar-refractivity contribution in [1.82, 2.24) is 4.90 Å². The van der Waals surface area contributed by atoms with Crippen LogP contribution in [0.2, 0.25) is 0 Å². The molecule has 1 amide bonds. The van der Waals surface area contributed by atoms with Crippen LogP contribution in [0.3, 0.4) is 0 Å². The molecule has 88 valence electrons. The van der Waals surface area contributed by atoms with Gasteiger partial charge in [-0.05, 0) is 11.4 Å². The average molecular weight is 259 g/mol. The third-order valence-corrected chi connectivity index (χ3v) is 4.94. The Morgan fingerprint density at radius 2 is 2.25 bits per heavy atom. The fraction of sp³-hybridized carbons (Fsp3) is 0.500. The standard InChI is InChI=1S/C10H13NO3S2/c12-9(11-3-5-14-6-4-11)8-16(13)10-2-1-7-15-10/h1-2,7H,3-6,8H2. The fourth-order valence-corrected chi connectivity index (χ4v) is 3.48. The Morgan fingerprint density at radius 1 is 1.50 bits per heavy atom. The molecule has 0 saturated carbocycles. The third kappa shape index (κ3) is 2.90. The number of thiophene rings is 1. The summed E-state index contributed by atoms with van der Waals surface area (Å²) in [6.45, 7) is 2.38. The van der Waals surface area contributed by atoms with Crippen molar-refractivity contribution >= 4 is 28.0 Å². The minimum absolute atomic E-state index is 0.0463. The minimum Gasteiger partial charge on any atom is -0.378 e. The van der Waals surface area contributed by atoms with Crippen molar-refractivity contribution in [2.24, 2.45) is 0 Å². The van der Waals surface area contributed by atoms with E-state index in [0.717, 1.165) is 4.21 Å². The van der Waals surface area contributed by atoms with Gasteiger partial charge >= 0.3 is 0 Å². The van der Waals surface area contributed by atoms with E-state index >= 15 is 0 Å². The third-order valence-electron chi connectivity index (χ3n) is 2.34. The molecule has 0 N–H and O–H groups in total. The Hall–Kier alpha value is -0.720. The molecule has 1 aromatic rings. The van der Waals surface area contributed by atoms with Crippen LogP contribution in [0.4, 0.5) is 0 Å². The van der Waals surface area contributed by atoms with Crippen LogP contribution in [-0.4, -0.2) is 47.1 Å². The number of carbonyl (C=O) groups is 1. The second kappa shape index (κ2) is 5.56. The molecule has 1 aliphatic heterocycles. The van der Waals surface area contributed by atoms with Gasteiger partial charge in [0.2, 0.25) is 5.91 Å². The van der Waals surface area contributed by atoms with Crippen LogP contribution in [0.25, 0.3) is 0 Å². The van der Waals surface area contributed by atoms with Gasteiger partial charge in [-0.3, -0.25) is 9.00 Å². The summed E-state index contributed by atoms with van der Waals surface area (Å²) in [4.78, 5) is 13.5. The molecule has 1 unspecified atom stereocenters. The van der Waals surface area contributed by atoms with Crippen LogP contribution in [0.1, 0.15) is 0 Å². The quantitative estimate of drug-likeness (QED) is 0.803. The van der Waals surface area contributed by atoms with Crippen LogP contribution < -0.4 is 0 Å². The molecule has 1 fully saturated rings. The van der Waals surface area contributed by atoms with E-state index in [1.807, 2.05) is 11.4 Å². The van der Waals surface area contributed by atoms with E-state index in [1.165, 1.54) is 11.3 Å². The summed E-state index contributed by atoms with van der Waals surface area (Å²) < 4.78 is 17.7. The Morgan fingerprint density at radius 3 is 2.88 bits per heavy atom. The van der Waals surface area contributed by atoms with Crippen molar-refractivity contribution in [2.75, 3.05) is 32.1 Å². The summed E-state index contributed by atoms with van der Waals surface area (Å²) in [6, 6.07) is 3.64. The molecule has 0 aliphatic carbocycles. The molecular weight excluding hydrogens is 246 g/mol. The Balaban J connectivity index is 1.89. The summed E-state index contributed by atoms with van der Waals surface area (Å²) in [7, 11) is -1.20. The van der Waals surface area contributed by atoms with E-state index in [-0.39, 0.29) is 11.7 Å². The van der Waals surface area contributed by atoms with Gasteiger partial charge in [-0.15, -0.1) is 11.3 Å². The predicted octanol–water partition coefficient (Wildman–Crippen LogP) is 0.715. The van der Waals surface area contributed by atoms with E-state index in [1.54, 1.807) is 11.0 Å². The molecule has 2 heterocycles. The Kier molecular flexibility index (Phi) is 4.09. The lowest BCUT2D eigenvalue weighted by molar-refractivity contribution is -0.132. The molecule has 1 saturated heterocycles. The maximum Gasteiger partial charge on any atom is 0.235 e. The van der Waals surface area contributed by atoms with E-state index < -0.39 is 10.8 Å². The summed E-state index contributed by atoms with van der Waals surface area (Å²) in [5, 5.41) is 1.87. The first-order valence-electron chi connectivity index (χ1n) is 5.05. The SMILES string of the molecule is O=C(CS(=O)c1cccs1)N1CCOCC1. The fourth-order valence-electron chi connectivity index (χ4n) is 1.48. The number of nitrogens with zero attached hydrogens (tertiary/aromatic N) is 1. The number of hydrogen-bond acceptors (Lipinski definition) is 4. The zero-order valence-corrected chi connectivity index (χ0v) is 10.4. The number of carbonyl (C=O) groups excluding carboxylic acids is 1. The number of amides is 1. The maximum atomic E-state index is 11.8. The van der Waals surface area contributed by atoms with E-state index in [0.29, 0.717) is 26.3 Å². The lowest BCUT2D eigenvalue weighted by atomic mass is 10.4. The van der Waals surface area contributed by atoms with Crippen molar-refractivity contribution in [1.29, 1.82) is 0 Å². The molecule has 0 spiro atoms. The van der Waals surface area contributed by atoms with E-state index in [4.69, 9.17) is 4.74 Å². The van der Waals surface area contributed by atoms with Gasteiger partial charge in [0.1, 0.15) is 5.75 Å². The Bertz CT molecular complexity index is 371. The van der Waals surface area contributed by atoms with E-state index in [9.17, 15) is 9.00 Å². The first-order chi connectivity index (χ1) is 7.77. The second-order valence-corrected chi connectivity index (χ2v) is 6.04. The molecule has 16 heavy (non-hydrogen) atoms. The van der Waals surface area contributed by atoms with Gasteiger partial charge < -0.3 is 9.64 Å². The van der Waals surface area contributed by atoms with Crippen LogP contribution >= 0.6 is 11.3 Å². The van der Waals surface area contributed by atoms with Crippen molar-refractivity contribution in [3.05, 3.63) is 17.5 Å². The smallest absolute Gasteiger partial charge is 0.235 e. The average Bonchev–Trinajstić information content (AvgIpc) is 2.83. The number of ether oxygens (including phenoxy) is 1. The van der Waals surface area contributed by atoms with Gasteiger partial charge in [-0.25, -0.2) is 0 Å². The van der Waals surface area contributed by atoms with Crippen molar-refractivity contribution in [2.45, 2.75) is 4.21 Å². The van der Waals surface area contributed by atoms with E-state index in [2.05, 4.69) is 0 Å².